The number of ether oxygens (including phenoxy) is 1. The van der Waals surface area contributed by atoms with Gasteiger partial charge in [-0.2, -0.15) is 0 Å². The minimum Gasteiger partial charge on any atom is -0.382 e. The van der Waals surface area contributed by atoms with Crippen LogP contribution in [0.5, 0.6) is 0 Å². The predicted molar refractivity (Wildman–Crippen MR) is 74.1 cm³/mol. The topological polar surface area (TPSA) is 9.23 Å². The molecule has 1 aliphatic carbocycles. The lowest BCUT2D eigenvalue weighted by molar-refractivity contribution is 0.132. The van der Waals surface area contributed by atoms with Gasteiger partial charge in [0.2, 0.25) is 0 Å². The summed E-state index contributed by atoms with van der Waals surface area (Å²) in [6.45, 7) is 8.62. The Morgan fingerprint density at radius 2 is 2.06 bits per heavy atom. The summed E-state index contributed by atoms with van der Waals surface area (Å²) in [6, 6.07) is 0. The van der Waals surface area contributed by atoms with Gasteiger partial charge in [0.15, 0.2) is 0 Å². The van der Waals surface area contributed by atoms with Gasteiger partial charge in [-0.05, 0) is 56.8 Å². The Balaban J connectivity index is 2.26. The van der Waals surface area contributed by atoms with Crippen molar-refractivity contribution in [3.8, 4) is 0 Å². The van der Waals surface area contributed by atoms with Crippen LogP contribution in [0.25, 0.3) is 0 Å². The Morgan fingerprint density at radius 3 is 2.69 bits per heavy atom. The average Bonchev–Trinajstić information content (AvgIpc) is 2.26. The number of hydrogen-bond acceptors (Lipinski definition) is 1. The molecule has 0 aromatic carbocycles. The number of rotatable bonds is 6. The molecule has 0 radical (unpaired) electrons. The second kappa shape index (κ2) is 7.71. The minimum absolute atomic E-state index is 0.754. The van der Waals surface area contributed by atoms with Crippen LogP contribution in [0.4, 0.5) is 0 Å². The largest absolute Gasteiger partial charge is 0.382 e. The zero-order valence-corrected chi connectivity index (χ0v) is 12.6. The molecule has 1 nitrogen and oxygen atoms in total. The molecule has 0 bridgehead atoms. The SMILES string of the molecule is CCOCCCC1CC(C(C)C)CCC1Br. The van der Waals surface area contributed by atoms with Crippen LogP contribution < -0.4 is 0 Å². The van der Waals surface area contributed by atoms with Crippen molar-refractivity contribution >= 4 is 15.9 Å². The predicted octanol–water partition coefficient (Wildman–Crippen LogP) is 4.64. The molecule has 96 valence electrons. The summed E-state index contributed by atoms with van der Waals surface area (Å²) in [5.74, 6) is 2.68. The molecule has 0 amide bonds. The van der Waals surface area contributed by atoms with Crippen LogP contribution in [0.3, 0.4) is 0 Å². The Bertz CT molecular complexity index is 182. The third-order valence-electron chi connectivity index (χ3n) is 3.94. The molecule has 0 spiro atoms. The van der Waals surface area contributed by atoms with E-state index >= 15 is 0 Å². The van der Waals surface area contributed by atoms with Gasteiger partial charge >= 0.3 is 0 Å². The van der Waals surface area contributed by atoms with E-state index in [-0.39, 0.29) is 0 Å². The van der Waals surface area contributed by atoms with Crippen molar-refractivity contribution in [3.63, 3.8) is 0 Å². The molecule has 0 saturated heterocycles. The van der Waals surface area contributed by atoms with E-state index in [4.69, 9.17) is 4.74 Å². The summed E-state index contributed by atoms with van der Waals surface area (Å²) < 4.78 is 5.42. The Labute approximate surface area is 109 Å². The summed E-state index contributed by atoms with van der Waals surface area (Å²) in [5, 5.41) is 0. The monoisotopic (exact) mass is 290 g/mol. The molecule has 3 atom stereocenters. The highest BCUT2D eigenvalue weighted by Gasteiger charge is 2.29. The highest BCUT2D eigenvalue weighted by atomic mass is 79.9. The van der Waals surface area contributed by atoms with Crippen LogP contribution in [0.1, 0.15) is 52.9 Å². The van der Waals surface area contributed by atoms with Crippen LogP contribution in [0.15, 0.2) is 0 Å². The van der Waals surface area contributed by atoms with Crippen molar-refractivity contribution < 1.29 is 4.74 Å². The van der Waals surface area contributed by atoms with Gasteiger partial charge in [0.1, 0.15) is 0 Å². The first-order valence-electron chi connectivity index (χ1n) is 6.87. The summed E-state index contributed by atoms with van der Waals surface area (Å²) >= 11 is 3.86. The van der Waals surface area contributed by atoms with E-state index in [2.05, 4.69) is 36.7 Å². The van der Waals surface area contributed by atoms with E-state index in [1.54, 1.807) is 0 Å². The highest BCUT2D eigenvalue weighted by molar-refractivity contribution is 9.09. The van der Waals surface area contributed by atoms with Gasteiger partial charge in [0.25, 0.3) is 0 Å². The Morgan fingerprint density at radius 1 is 1.31 bits per heavy atom. The molecule has 3 unspecified atom stereocenters. The van der Waals surface area contributed by atoms with Crippen LogP contribution in [-0.2, 0) is 4.74 Å². The number of alkyl halides is 1. The first-order valence-corrected chi connectivity index (χ1v) is 7.78. The fourth-order valence-corrected chi connectivity index (χ4v) is 3.50. The summed E-state index contributed by atoms with van der Waals surface area (Å²) in [4.78, 5) is 0.754. The quantitative estimate of drug-likeness (QED) is 0.512. The molecular formula is C14H27BrO. The molecule has 0 N–H and O–H groups in total. The van der Waals surface area contributed by atoms with Crippen molar-refractivity contribution in [1.29, 1.82) is 0 Å². The van der Waals surface area contributed by atoms with Crippen molar-refractivity contribution in [2.45, 2.75) is 57.7 Å². The second-order valence-corrected chi connectivity index (χ2v) is 6.61. The van der Waals surface area contributed by atoms with Crippen molar-refractivity contribution in [3.05, 3.63) is 0 Å². The zero-order chi connectivity index (χ0) is 12.0. The molecule has 0 aliphatic heterocycles. The second-order valence-electron chi connectivity index (χ2n) is 5.43. The molecule has 0 heterocycles. The van der Waals surface area contributed by atoms with Gasteiger partial charge in [-0.15, -0.1) is 0 Å². The average molecular weight is 291 g/mol. The fraction of sp³-hybridized carbons (Fsp3) is 1.00. The lowest BCUT2D eigenvalue weighted by Crippen LogP contribution is -2.27. The normalized spacial score (nSPS) is 30.9. The summed E-state index contributed by atoms with van der Waals surface area (Å²) in [7, 11) is 0. The van der Waals surface area contributed by atoms with Gasteiger partial charge in [-0.25, -0.2) is 0 Å². The lowest BCUT2D eigenvalue weighted by Gasteiger charge is -2.35. The van der Waals surface area contributed by atoms with Crippen molar-refractivity contribution in [2.75, 3.05) is 13.2 Å². The Kier molecular flexibility index (Phi) is 6.98. The molecule has 0 aromatic rings. The van der Waals surface area contributed by atoms with Gasteiger partial charge in [0, 0.05) is 18.0 Å². The van der Waals surface area contributed by atoms with Gasteiger partial charge in [0.05, 0.1) is 0 Å². The summed E-state index contributed by atoms with van der Waals surface area (Å²) in [5.41, 5.74) is 0. The lowest BCUT2D eigenvalue weighted by atomic mass is 9.75. The van der Waals surface area contributed by atoms with Crippen LogP contribution in [0.2, 0.25) is 0 Å². The van der Waals surface area contributed by atoms with Gasteiger partial charge < -0.3 is 4.74 Å². The minimum atomic E-state index is 0.754. The molecule has 16 heavy (non-hydrogen) atoms. The third-order valence-corrected chi connectivity index (χ3v) is 5.15. The van der Waals surface area contributed by atoms with Gasteiger partial charge in [-0.3, -0.25) is 0 Å². The summed E-state index contributed by atoms with van der Waals surface area (Å²) in [6.07, 6.45) is 6.75. The van der Waals surface area contributed by atoms with E-state index in [9.17, 15) is 0 Å². The van der Waals surface area contributed by atoms with Crippen LogP contribution in [0, 0.1) is 17.8 Å². The maximum absolute atomic E-state index is 5.42. The maximum Gasteiger partial charge on any atom is 0.0466 e. The van der Waals surface area contributed by atoms with E-state index in [0.717, 1.165) is 35.8 Å². The van der Waals surface area contributed by atoms with Crippen LogP contribution >= 0.6 is 15.9 Å². The fourth-order valence-electron chi connectivity index (χ4n) is 2.76. The zero-order valence-electron chi connectivity index (χ0n) is 11.0. The first-order chi connectivity index (χ1) is 7.65. The Hall–Kier alpha value is 0.440. The van der Waals surface area contributed by atoms with E-state index in [1.165, 1.54) is 32.1 Å². The molecule has 0 aromatic heterocycles. The highest BCUT2D eigenvalue weighted by Crippen LogP contribution is 2.39. The molecular weight excluding hydrogens is 264 g/mol. The van der Waals surface area contributed by atoms with Crippen molar-refractivity contribution in [1.82, 2.24) is 0 Å². The number of halogens is 1. The first kappa shape index (κ1) is 14.5. The van der Waals surface area contributed by atoms with E-state index in [0.29, 0.717) is 0 Å². The number of hydrogen-bond donors (Lipinski definition) is 0. The third kappa shape index (κ3) is 4.75. The molecule has 1 fully saturated rings. The molecule has 1 saturated carbocycles. The van der Waals surface area contributed by atoms with E-state index < -0.39 is 0 Å². The van der Waals surface area contributed by atoms with Crippen LogP contribution in [-0.4, -0.2) is 18.0 Å². The molecule has 1 rings (SSSR count). The standard InChI is InChI=1S/C14H27BrO/c1-4-16-9-5-6-13-10-12(11(2)3)7-8-14(13)15/h11-14H,4-10H2,1-3H3. The molecule has 1 aliphatic rings. The maximum atomic E-state index is 5.42. The van der Waals surface area contributed by atoms with Crippen molar-refractivity contribution in [2.24, 2.45) is 17.8 Å². The van der Waals surface area contributed by atoms with E-state index in [1.807, 2.05) is 0 Å². The van der Waals surface area contributed by atoms with Gasteiger partial charge in [-0.1, -0.05) is 29.8 Å². The smallest absolute Gasteiger partial charge is 0.0466 e. The molecule has 2 heteroatoms.